The Balaban J connectivity index is 0.00000147. The number of aromatic nitrogens is 2. The van der Waals surface area contributed by atoms with Crippen LogP contribution >= 0.6 is 12.4 Å². The third-order valence-electron chi connectivity index (χ3n) is 3.35. The highest BCUT2D eigenvalue weighted by atomic mass is 35.5. The minimum atomic E-state index is 0. The maximum atomic E-state index is 5.41. The summed E-state index contributed by atoms with van der Waals surface area (Å²) in [5.41, 5.74) is 1.78. The molecule has 1 aromatic carbocycles. The topological polar surface area (TPSA) is 50.3 Å². The van der Waals surface area contributed by atoms with Crippen molar-refractivity contribution in [3.63, 3.8) is 0 Å². The number of hydrogen-bond acceptors (Lipinski definition) is 5. The van der Waals surface area contributed by atoms with Crippen molar-refractivity contribution in [2.75, 3.05) is 38.2 Å². The van der Waals surface area contributed by atoms with Gasteiger partial charge in [0.05, 0.1) is 18.1 Å². The Morgan fingerprint density at radius 1 is 1.10 bits per heavy atom. The van der Waals surface area contributed by atoms with Gasteiger partial charge in [0.1, 0.15) is 0 Å². The van der Waals surface area contributed by atoms with E-state index in [0.717, 1.165) is 49.5 Å². The molecule has 1 saturated heterocycles. The molecule has 3 rings (SSSR count). The zero-order chi connectivity index (χ0) is 13.1. The van der Waals surface area contributed by atoms with E-state index in [2.05, 4.69) is 15.2 Å². The van der Waals surface area contributed by atoms with Gasteiger partial charge in [-0.1, -0.05) is 12.1 Å². The monoisotopic (exact) mass is 294 g/mol. The normalized spacial score (nSPS) is 15.6. The molecule has 1 fully saturated rings. The smallest absolute Gasteiger partial charge is 0.257 e. The van der Waals surface area contributed by atoms with Gasteiger partial charge in [0, 0.05) is 19.6 Å². The standard InChI is InChI=1S/C14H18N4O.ClH/c1-19-14-13(18-9-4-7-15-8-10-18)16-11-5-2-3-6-12(11)17-14;/h2-3,5-6,15H,4,7-10H2,1H3;1H. The molecule has 20 heavy (non-hydrogen) atoms. The lowest BCUT2D eigenvalue weighted by atomic mass is 10.3. The Morgan fingerprint density at radius 2 is 1.85 bits per heavy atom. The minimum absolute atomic E-state index is 0. The van der Waals surface area contributed by atoms with Gasteiger partial charge in [-0.05, 0) is 25.1 Å². The largest absolute Gasteiger partial charge is 0.478 e. The number of methoxy groups -OCH3 is 1. The van der Waals surface area contributed by atoms with Crippen molar-refractivity contribution in [1.29, 1.82) is 0 Å². The molecule has 0 bridgehead atoms. The van der Waals surface area contributed by atoms with E-state index in [-0.39, 0.29) is 12.4 Å². The number of fused-ring (bicyclic) bond motifs is 1. The second-order valence-electron chi connectivity index (χ2n) is 4.64. The molecule has 1 N–H and O–H groups in total. The summed E-state index contributed by atoms with van der Waals surface area (Å²) in [4.78, 5) is 11.5. The van der Waals surface area contributed by atoms with Crippen LogP contribution in [-0.4, -0.2) is 43.3 Å². The van der Waals surface area contributed by atoms with Crippen molar-refractivity contribution in [2.45, 2.75) is 6.42 Å². The second kappa shape index (κ2) is 6.72. The van der Waals surface area contributed by atoms with Crippen LogP contribution in [0.25, 0.3) is 11.0 Å². The molecule has 0 radical (unpaired) electrons. The fourth-order valence-corrected chi connectivity index (χ4v) is 2.38. The van der Waals surface area contributed by atoms with Crippen molar-refractivity contribution in [2.24, 2.45) is 0 Å². The van der Waals surface area contributed by atoms with Gasteiger partial charge in [0.15, 0.2) is 5.82 Å². The molecule has 0 spiro atoms. The quantitative estimate of drug-likeness (QED) is 0.916. The van der Waals surface area contributed by atoms with Crippen LogP contribution in [0.2, 0.25) is 0 Å². The molecule has 0 atom stereocenters. The van der Waals surface area contributed by atoms with E-state index < -0.39 is 0 Å². The highest BCUT2D eigenvalue weighted by Crippen LogP contribution is 2.26. The molecule has 1 aromatic heterocycles. The first-order chi connectivity index (χ1) is 9.38. The van der Waals surface area contributed by atoms with Gasteiger partial charge in [0.2, 0.25) is 0 Å². The summed E-state index contributed by atoms with van der Waals surface area (Å²) in [5, 5.41) is 3.39. The predicted octanol–water partition coefficient (Wildman–Crippen LogP) is 1.86. The van der Waals surface area contributed by atoms with Gasteiger partial charge in [-0.2, -0.15) is 0 Å². The average molecular weight is 295 g/mol. The second-order valence-corrected chi connectivity index (χ2v) is 4.64. The molecule has 1 aliphatic rings. The molecule has 2 aromatic rings. The SMILES string of the molecule is COc1nc2ccccc2nc1N1CCCNCC1.Cl. The molecule has 1 aliphatic heterocycles. The molecule has 0 amide bonds. The summed E-state index contributed by atoms with van der Waals surface area (Å²) >= 11 is 0. The Labute approximate surface area is 124 Å². The number of rotatable bonds is 2. The van der Waals surface area contributed by atoms with E-state index in [1.807, 2.05) is 24.3 Å². The van der Waals surface area contributed by atoms with Gasteiger partial charge < -0.3 is 15.0 Å². The lowest BCUT2D eigenvalue weighted by Crippen LogP contribution is -2.29. The lowest BCUT2D eigenvalue weighted by molar-refractivity contribution is 0.397. The minimum Gasteiger partial charge on any atom is -0.478 e. The Hall–Kier alpha value is -1.59. The molecule has 0 saturated carbocycles. The number of para-hydroxylation sites is 2. The van der Waals surface area contributed by atoms with Crippen LogP contribution in [0.3, 0.4) is 0 Å². The maximum absolute atomic E-state index is 5.41. The zero-order valence-corrected chi connectivity index (χ0v) is 12.3. The molecule has 2 heterocycles. The number of anilines is 1. The number of benzene rings is 1. The van der Waals surface area contributed by atoms with Crippen LogP contribution in [0.4, 0.5) is 5.82 Å². The summed E-state index contributed by atoms with van der Waals surface area (Å²) in [6, 6.07) is 7.89. The van der Waals surface area contributed by atoms with E-state index >= 15 is 0 Å². The van der Waals surface area contributed by atoms with Crippen molar-refractivity contribution in [3.05, 3.63) is 24.3 Å². The fraction of sp³-hybridized carbons (Fsp3) is 0.429. The van der Waals surface area contributed by atoms with E-state index in [4.69, 9.17) is 9.72 Å². The van der Waals surface area contributed by atoms with Crippen molar-refractivity contribution in [1.82, 2.24) is 15.3 Å². The van der Waals surface area contributed by atoms with Gasteiger partial charge in [-0.15, -0.1) is 12.4 Å². The molecule has 5 nitrogen and oxygen atoms in total. The van der Waals surface area contributed by atoms with Gasteiger partial charge in [0.25, 0.3) is 5.88 Å². The van der Waals surface area contributed by atoms with Gasteiger partial charge >= 0.3 is 0 Å². The molecule has 108 valence electrons. The molecular weight excluding hydrogens is 276 g/mol. The molecule has 0 unspecified atom stereocenters. The van der Waals surface area contributed by atoms with Crippen LogP contribution < -0.4 is 15.0 Å². The highest BCUT2D eigenvalue weighted by molar-refractivity contribution is 5.85. The van der Waals surface area contributed by atoms with Crippen molar-refractivity contribution >= 4 is 29.3 Å². The van der Waals surface area contributed by atoms with Gasteiger partial charge in [-0.25, -0.2) is 9.97 Å². The van der Waals surface area contributed by atoms with Crippen LogP contribution in [0.5, 0.6) is 5.88 Å². The van der Waals surface area contributed by atoms with E-state index in [1.54, 1.807) is 7.11 Å². The van der Waals surface area contributed by atoms with E-state index in [9.17, 15) is 0 Å². The average Bonchev–Trinajstić information content (AvgIpc) is 2.74. The summed E-state index contributed by atoms with van der Waals surface area (Å²) in [6.07, 6.45) is 1.11. The Bertz CT molecular complexity index is 570. The zero-order valence-electron chi connectivity index (χ0n) is 11.5. The number of nitrogens with one attached hydrogen (secondary N) is 1. The van der Waals surface area contributed by atoms with Crippen LogP contribution in [0.15, 0.2) is 24.3 Å². The highest BCUT2D eigenvalue weighted by Gasteiger charge is 2.17. The molecular formula is C14H19ClN4O. The van der Waals surface area contributed by atoms with Crippen molar-refractivity contribution in [3.8, 4) is 5.88 Å². The Morgan fingerprint density at radius 3 is 2.60 bits per heavy atom. The van der Waals surface area contributed by atoms with Crippen LogP contribution in [-0.2, 0) is 0 Å². The number of hydrogen-bond donors (Lipinski definition) is 1. The first kappa shape index (κ1) is 14.8. The summed E-state index contributed by atoms with van der Waals surface area (Å²) in [7, 11) is 1.65. The fourth-order valence-electron chi connectivity index (χ4n) is 2.38. The lowest BCUT2D eigenvalue weighted by Gasteiger charge is -2.22. The summed E-state index contributed by atoms with van der Waals surface area (Å²) in [5.74, 6) is 1.46. The van der Waals surface area contributed by atoms with E-state index in [0.29, 0.717) is 5.88 Å². The number of halogens is 1. The Kier molecular flexibility index (Phi) is 4.98. The van der Waals surface area contributed by atoms with Crippen molar-refractivity contribution < 1.29 is 4.74 Å². The third kappa shape index (κ3) is 2.94. The molecule has 6 heteroatoms. The maximum Gasteiger partial charge on any atom is 0.257 e. The van der Waals surface area contributed by atoms with Crippen LogP contribution in [0.1, 0.15) is 6.42 Å². The molecule has 0 aliphatic carbocycles. The summed E-state index contributed by atoms with van der Waals surface area (Å²) in [6.45, 7) is 3.94. The predicted molar refractivity (Wildman–Crippen MR) is 83.0 cm³/mol. The first-order valence-electron chi connectivity index (χ1n) is 6.65. The number of nitrogens with zero attached hydrogens (tertiary/aromatic N) is 3. The van der Waals surface area contributed by atoms with Crippen LogP contribution in [0, 0.1) is 0 Å². The van der Waals surface area contributed by atoms with Gasteiger partial charge in [-0.3, -0.25) is 0 Å². The third-order valence-corrected chi connectivity index (χ3v) is 3.35. The first-order valence-corrected chi connectivity index (χ1v) is 6.65. The summed E-state index contributed by atoms with van der Waals surface area (Å²) < 4.78 is 5.41. The number of ether oxygens (including phenoxy) is 1. The van der Waals surface area contributed by atoms with E-state index in [1.165, 1.54) is 0 Å².